The minimum absolute atomic E-state index is 0.249. The summed E-state index contributed by atoms with van der Waals surface area (Å²) in [6, 6.07) is 29.3. The van der Waals surface area contributed by atoms with Gasteiger partial charge in [-0.05, 0) is 65.3 Å². The molecule has 0 aliphatic carbocycles. The lowest BCUT2D eigenvalue weighted by Gasteiger charge is -2.21. The van der Waals surface area contributed by atoms with Gasteiger partial charge >= 0.3 is 0 Å². The van der Waals surface area contributed by atoms with Gasteiger partial charge in [0.25, 0.3) is 0 Å². The Kier molecular flexibility index (Phi) is 7.81. The van der Waals surface area contributed by atoms with Gasteiger partial charge in [-0.15, -0.1) is 0 Å². The van der Waals surface area contributed by atoms with Crippen LogP contribution >= 0.6 is 0 Å². The van der Waals surface area contributed by atoms with Crippen LogP contribution in [0.15, 0.2) is 103 Å². The molecule has 0 saturated heterocycles. The molecule has 2 unspecified atom stereocenters. The normalized spacial score (nSPS) is 12.5. The van der Waals surface area contributed by atoms with Gasteiger partial charge in [-0.25, -0.2) is 0 Å². The van der Waals surface area contributed by atoms with E-state index in [4.69, 9.17) is 11.1 Å². The van der Waals surface area contributed by atoms with Crippen LogP contribution in [-0.4, -0.2) is 28.7 Å². The van der Waals surface area contributed by atoms with Crippen LogP contribution in [0.2, 0.25) is 0 Å². The van der Waals surface area contributed by atoms with Crippen LogP contribution in [0.3, 0.4) is 0 Å². The smallest absolute Gasteiger partial charge is 0.237 e. The Labute approximate surface area is 206 Å². The molecule has 0 spiro atoms. The molecule has 0 saturated carbocycles. The summed E-state index contributed by atoms with van der Waals surface area (Å²) in [6.45, 7) is 1.71. The molecular weight excluding hydrogens is 432 g/mol. The number of nitrogens with two attached hydrogens (primary N) is 1. The van der Waals surface area contributed by atoms with Crippen molar-refractivity contribution in [1.82, 2.24) is 10.3 Å². The first-order valence-corrected chi connectivity index (χ1v) is 11.7. The molecule has 1 aromatic heterocycles. The Bertz CT molecular complexity index is 1250. The average Bonchev–Trinajstić information content (AvgIpc) is 2.90. The van der Waals surface area contributed by atoms with Gasteiger partial charge in [0, 0.05) is 18.1 Å². The fraction of sp³-hybridized carbons (Fsp3) is 0.167. The van der Waals surface area contributed by atoms with Gasteiger partial charge in [-0.1, -0.05) is 78.9 Å². The number of rotatable bonds is 9. The molecule has 4 aromatic rings. The summed E-state index contributed by atoms with van der Waals surface area (Å²) in [5, 5.41) is 11.2. The van der Waals surface area contributed by atoms with Crippen molar-refractivity contribution in [2.45, 2.75) is 31.8 Å². The molecule has 3 aromatic carbocycles. The van der Waals surface area contributed by atoms with E-state index in [2.05, 4.69) is 46.7 Å². The summed E-state index contributed by atoms with van der Waals surface area (Å²) in [7, 11) is 0. The van der Waals surface area contributed by atoms with E-state index in [-0.39, 0.29) is 5.91 Å². The molecule has 1 heterocycles. The van der Waals surface area contributed by atoms with Crippen molar-refractivity contribution < 1.29 is 4.79 Å². The maximum Gasteiger partial charge on any atom is 0.237 e. The van der Waals surface area contributed by atoms with Crippen LogP contribution in [0.5, 0.6) is 0 Å². The molecule has 2 atom stereocenters. The van der Waals surface area contributed by atoms with E-state index in [1.165, 1.54) is 0 Å². The number of hydrogen-bond donors (Lipinski definition) is 3. The Morgan fingerprint density at radius 2 is 1.26 bits per heavy atom. The Balaban J connectivity index is 1.35. The molecule has 1 amide bonds. The van der Waals surface area contributed by atoms with E-state index in [1.807, 2.05) is 54.6 Å². The number of nitrogens with one attached hydrogen (secondary N) is 2. The maximum absolute atomic E-state index is 12.8. The summed E-state index contributed by atoms with van der Waals surface area (Å²) < 4.78 is 0. The van der Waals surface area contributed by atoms with Crippen molar-refractivity contribution in [3.63, 3.8) is 0 Å². The predicted octanol–water partition coefficient (Wildman–Crippen LogP) is 5.05. The molecule has 0 bridgehead atoms. The minimum atomic E-state index is -0.691. The SMILES string of the molecule is CC(=N)C(Cc1ccc(-c2ccccc2)cc1)NC(=O)C(N)Cc1ccc(-c2ccncc2)cc1. The quantitative estimate of drug-likeness (QED) is 0.304. The van der Waals surface area contributed by atoms with E-state index in [0.717, 1.165) is 33.4 Å². The molecule has 176 valence electrons. The fourth-order valence-corrected chi connectivity index (χ4v) is 4.01. The number of aromatic nitrogens is 1. The molecule has 5 heteroatoms. The van der Waals surface area contributed by atoms with Crippen molar-refractivity contribution in [3.8, 4) is 22.3 Å². The molecule has 4 rings (SSSR count). The first-order valence-electron chi connectivity index (χ1n) is 11.7. The number of carbonyl (C=O) groups excluding carboxylic acids is 1. The molecule has 4 N–H and O–H groups in total. The standard InChI is InChI=1S/C30H30N4O/c1-21(31)29(20-23-9-13-25(14-10-23)24-5-3-2-4-6-24)34-30(35)28(32)19-22-7-11-26(12-8-22)27-15-17-33-18-16-27/h2-18,28-29,31H,19-20,32H2,1H3,(H,34,35). The van der Waals surface area contributed by atoms with Gasteiger partial charge in [0.05, 0.1) is 12.1 Å². The zero-order chi connectivity index (χ0) is 24.6. The molecule has 0 fully saturated rings. The summed E-state index contributed by atoms with van der Waals surface area (Å²) in [4.78, 5) is 16.9. The predicted molar refractivity (Wildman–Crippen MR) is 142 cm³/mol. The first kappa shape index (κ1) is 24.0. The van der Waals surface area contributed by atoms with E-state index < -0.39 is 12.1 Å². The summed E-state index contributed by atoms with van der Waals surface area (Å²) in [5.74, 6) is -0.249. The number of benzene rings is 3. The molecule has 35 heavy (non-hydrogen) atoms. The largest absolute Gasteiger partial charge is 0.346 e. The van der Waals surface area contributed by atoms with Gasteiger partial charge in [0.15, 0.2) is 0 Å². The van der Waals surface area contributed by atoms with Crippen molar-refractivity contribution in [2.24, 2.45) is 5.73 Å². The van der Waals surface area contributed by atoms with Crippen LogP contribution in [0.4, 0.5) is 0 Å². The second-order valence-corrected chi connectivity index (χ2v) is 8.75. The first-order chi connectivity index (χ1) is 17.0. The van der Waals surface area contributed by atoms with E-state index in [0.29, 0.717) is 18.6 Å². The van der Waals surface area contributed by atoms with Crippen LogP contribution in [0.25, 0.3) is 22.3 Å². The van der Waals surface area contributed by atoms with Gasteiger partial charge in [0.1, 0.15) is 0 Å². The van der Waals surface area contributed by atoms with Crippen LogP contribution in [-0.2, 0) is 17.6 Å². The van der Waals surface area contributed by atoms with Crippen LogP contribution in [0.1, 0.15) is 18.1 Å². The topological polar surface area (TPSA) is 91.9 Å². The Morgan fingerprint density at radius 1 is 0.771 bits per heavy atom. The van der Waals surface area contributed by atoms with Gasteiger partial charge in [0.2, 0.25) is 5.91 Å². The van der Waals surface area contributed by atoms with Crippen LogP contribution in [0, 0.1) is 5.41 Å². The lowest BCUT2D eigenvalue weighted by Crippen LogP contribution is -2.49. The van der Waals surface area contributed by atoms with E-state index in [9.17, 15) is 4.79 Å². The number of amides is 1. The highest BCUT2D eigenvalue weighted by Crippen LogP contribution is 2.21. The van der Waals surface area contributed by atoms with E-state index >= 15 is 0 Å². The number of carbonyl (C=O) groups is 1. The highest BCUT2D eigenvalue weighted by atomic mass is 16.2. The molecular formula is C30H30N4O. The molecule has 0 radical (unpaired) electrons. The van der Waals surface area contributed by atoms with Crippen molar-refractivity contribution in [1.29, 1.82) is 5.41 Å². The van der Waals surface area contributed by atoms with Gasteiger partial charge in [-0.3, -0.25) is 9.78 Å². The number of nitrogens with zero attached hydrogens (tertiary/aromatic N) is 1. The van der Waals surface area contributed by atoms with Crippen LogP contribution < -0.4 is 11.1 Å². The number of pyridine rings is 1. The Hall–Kier alpha value is -4.09. The molecule has 0 aliphatic rings. The Morgan fingerprint density at radius 3 is 1.80 bits per heavy atom. The fourth-order valence-electron chi connectivity index (χ4n) is 4.01. The minimum Gasteiger partial charge on any atom is -0.346 e. The third kappa shape index (κ3) is 6.49. The van der Waals surface area contributed by atoms with Crippen molar-refractivity contribution >= 4 is 11.6 Å². The zero-order valence-electron chi connectivity index (χ0n) is 19.8. The highest BCUT2D eigenvalue weighted by molar-refractivity contribution is 5.91. The summed E-state index contributed by atoms with van der Waals surface area (Å²) in [5.41, 5.74) is 13.2. The lowest BCUT2D eigenvalue weighted by atomic mass is 9.98. The molecule has 5 nitrogen and oxygen atoms in total. The van der Waals surface area contributed by atoms with Crippen molar-refractivity contribution in [2.75, 3.05) is 0 Å². The maximum atomic E-state index is 12.8. The second kappa shape index (κ2) is 11.4. The average molecular weight is 463 g/mol. The summed E-state index contributed by atoms with van der Waals surface area (Å²) in [6.07, 6.45) is 4.51. The second-order valence-electron chi connectivity index (χ2n) is 8.75. The van der Waals surface area contributed by atoms with Crippen molar-refractivity contribution in [3.05, 3.63) is 115 Å². The lowest BCUT2D eigenvalue weighted by molar-refractivity contribution is -0.122. The third-order valence-electron chi connectivity index (χ3n) is 6.10. The zero-order valence-corrected chi connectivity index (χ0v) is 19.8. The van der Waals surface area contributed by atoms with E-state index in [1.54, 1.807) is 19.3 Å². The monoisotopic (exact) mass is 462 g/mol. The molecule has 0 aliphatic heterocycles. The van der Waals surface area contributed by atoms with Gasteiger partial charge < -0.3 is 16.5 Å². The highest BCUT2D eigenvalue weighted by Gasteiger charge is 2.20. The third-order valence-corrected chi connectivity index (χ3v) is 6.10. The summed E-state index contributed by atoms with van der Waals surface area (Å²) >= 11 is 0. The van der Waals surface area contributed by atoms with Gasteiger partial charge in [-0.2, -0.15) is 0 Å². The number of hydrogen-bond acceptors (Lipinski definition) is 4.